The molecule has 1 N–H and O–H groups in total. The summed E-state index contributed by atoms with van der Waals surface area (Å²) >= 11 is 7.49. The lowest BCUT2D eigenvalue weighted by Gasteiger charge is -2.13. The summed E-state index contributed by atoms with van der Waals surface area (Å²) in [5.74, 6) is 0. The van der Waals surface area contributed by atoms with Gasteiger partial charge in [0.05, 0.1) is 43.1 Å². The molecule has 0 amide bonds. The molecule has 120 valence electrons. The van der Waals surface area contributed by atoms with Crippen LogP contribution in [0.5, 0.6) is 0 Å². The molecule has 0 radical (unpaired) electrons. The van der Waals surface area contributed by atoms with Gasteiger partial charge >= 0.3 is 0 Å². The highest BCUT2D eigenvalue weighted by Crippen LogP contribution is 2.14. The quantitative estimate of drug-likeness (QED) is 0.742. The molecule has 5 nitrogen and oxygen atoms in total. The molecule has 0 unspecified atom stereocenters. The van der Waals surface area contributed by atoms with E-state index in [9.17, 15) is 9.90 Å². The number of aliphatic hydroxyl groups is 1. The summed E-state index contributed by atoms with van der Waals surface area (Å²) < 4.78 is 6.85. The third-order valence-electron chi connectivity index (χ3n) is 3.33. The van der Waals surface area contributed by atoms with Crippen LogP contribution in [0, 0.1) is 0 Å². The van der Waals surface area contributed by atoms with E-state index in [1.165, 1.54) is 10.9 Å². The molecule has 0 fully saturated rings. The number of halogens is 1. The van der Waals surface area contributed by atoms with E-state index >= 15 is 0 Å². The molecule has 2 heterocycles. The number of ether oxygens (including phenoxy) is 1. The number of rotatable bonds is 6. The zero-order chi connectivity index (χ0) is 16.2. The van der Waals surface area contributed by atoms with Crippen molar-refractivity contribution in [2.45, 2.75) is 19.3 Å². The third kappa shape index (κ3) is 3.97. The average molecular weight is 351 g/mol. The summed E-state index contributed by atoms with van der Waals surface area (Å²) in [6.07, 6.45) is 0.642. The summed E-state index contributed by atoms with van der Waals surface area (Å²) in [7, 11) is 0. The Morgan fingerprint density at radius 2 is 2.26 bits per heavy atom. The van der Waals surface area contributed by atoms with Gasteiger partial charge in [-0.2, -0.15) is 0 Å². The molecule has 0 aliphatic rings. The maximum Gasteiger partial charge on any atom is 0.261 e. The van der Waals surface area contributed by atoms with Crippen LogP contribution >= 0.6 is 22.9 Å². The Kier molecular flexibility index (Phi) is 5.07. The zero-order valence-electron chi connectivity index (χ0n) is 12.2. The van der Waals surface area contributed by atoms with Crippen LogP contribution in [0.2, 0.25) is 5.02 Å². The monoisotopic (exact) mass is 350 g/mol. The average Bonchev–Trinajstić information content (AvgIpc) is 3.03. The number of thiophene rings is 1. The standard InChI is InChI=1S/C16H15ClN2O3S/c17-11-3-4-14-15(6-11)18-10-19(16(14)21)7-12(20)8-22-9-13-2-1-5-23-13/h1-6,10,12,20H,7-9H2/t12-/m0/s1. The molecule has 1 atom stereocenters. The lowest BCUT2D eigenvalue weighted by molar-refractivity contribution is 0.0207. The number of aromatic nitrogens is 2. The van der Waals surface area contributed by atoms with E-state index in [1.54, 1.807) is 29.5 Å². The van der Waals surface area contributed by atoms with Crippen molar-refractivity contribution < 1.29 is 9.84 Å². The summed E-state index contributed by atoms with van der Waals surface area (Å²) in [5, 5.41) is 13.0. The topological polar surface area (TPSA) is 64.4 Å². The molecule has 0 spiro atoms. The second-order valence-corrected chi connectivity index (χ2v) is 6.58. The van der Waals surface area contributed by atoms with Gasteiger partial charge in [0.25, 0.3) is 5.56 Å². The summed E-state index contributed by atoms with van der Waals surface area (Å²) in [4.78, 5) is 17.7. The molecule has 0 aliphatic heterocycles. The fourth-order valence-corrected chi connectivity index (χ4v) is 3.04. The van der Waals surface area contributed by atoms with Crippen LogP contribution in [0.4, 0.5) is 0 Å². The van der Waals surface area contributed by atoms with Crippen LogP contribution in [0.15, 0.2) is 46.8 Å². The van der Waals surface area contributed by atoms with E-state index in [1.807, 2.05) is 17.5 Å². The molecule has 0 saturated carbocycles. The maximum absolute atomic E-state index is 12.4. The van der Waals surface area contributed by atoms with Crippen LogP contribution in [-0.4, -0.2) is 27.4 Å². The fourth-order valence-electron chi connectivity index (χ4n) is 2.23. The molecular weight excluding hydrogens is 336 g/mol. The second-order valence-electron chi connectivity index (χ2n) is 5.11. The molecule has 23 heavy (non-hydrogen) atoms. The Labute approximate surface area is 141 Å². The highest BCUT2D eigenvalue weighted by atomic mass is 35.5. The highest BCUT2D eigenvalue weighted by Gasteiger charge is 2.10. The SMILES string of the molecule is O=c1c2ccc(Cl)cc2ncn1C[C@H](O)COCc1cccs1. The Morgan fingerprint density at radius 1 is 1.39 bits per heavy atom. The molecule has 2 aromatic heterocycles. The van der Waals surface area contributed by atoms with E-state index in [0.29, 0.717) is 22.5 Å². The number of hydrogen-bond acceptors (Lipinski definition) is 5. The first kappa shape index (κ1) is 16.1. The number of benzene rings is 1. The van der Waals surface area contributed by atoms with Crippen molar-refractivity contribution in [2.24, 2.45) is 0 Å². The number of hydrogen-bond donors (Lipinski definition) is 1. The van der Waals surface area contributed by atoms with Gasteiger partial charge in [0.1, 0.15) is 0 Å². The maximum atomic E-state index is 12.4. The Hall–Kier alpha value is -1.73. The lowest BCUT2D eigenvalue weighted by Crippen LogP contribution is -2.29. The van der Waals surface area contributed by atoms with Gasteiger partial charge in [-0.25, -0.2) is 4.98 Å². The Bertz CT molecular complexity index is 848. The van der Waals surface area contributed by atoms with Crippen LogP contribution in [0.3, 0.4) is 0 Å². The number of aliphatic hydroxyl groups excluding tert-OH is 1. The van der Waals surface area contributed by atoms with Crippen LogP contribution < -0.4 is 5.56 Å². The third-order valence-corrected chi connectivity index (χ3v) is 4.41. The minimum atomic E-state index is -0.779. The summed E-state index contributed by atoms with van der Waals surface area (Å²) in [6, 6.07) is 8.86. The lowest BCUT2D eigenvalue weighted by atomic mass is 10.2. The van der Waals surface area contributed by atoms with Gasteiger partial charge in [0.2, 0.25) is 0 Å². The molecule has 0 aliphatic carbocycles. The van der Waals surface area contributed by atoms with Crippen LogP contribution in [0.1, 0.15) is 4.88 Å². The molecule has 0 saturated heterocycles. The van der Waals surface area contributed by atoms with E-state index < -0.39 is 6.10 Å². The Morgan fingerprint density at radius 3 is 3.04 bits per heavy atom. The van der Waals surface area contributed by atoms with Gasteiger partial charge < -0.3 is 9.84 Å². The number of nitrogens with zero attached hydrogens (tertiary/aromatic N) is 2. The van der Waals surface area contributed by atoms with Crippen molar-refractivity contribution >= 4 is 33.8 Å². The minimum absolute atomic E-state index is 0.134. The highest BCUT2D eigenvalue weighted by molar-refractivity contribution is 7.09. The van der Waals surface area contributed by atoms with Crippen molar-refractivity contribution in [3.8, 4) is 0 Å². The largest absolute Gasteiger partial charge is 0.389 e. The predicted molar refractivity (Wildman–Crippen MR) is 91.0 cm³/mol. The van der Waals surface area contributed by atoms with E-state index in [0.717, 1.165) is 4.88 Å². The van der Waals surface area contributed by atoms with Crippen molar-refractivity contribution in [2.75, 3.05) is 6.61 Å². The van der Waals surface area contributed by atoms with Crippen LogP contribution in [0.25, 0.3) is 10.9 Å². The van der Waals surface area contributed by atoms with Crippen molar-refractivity contribution in [3.63, 3.8) is 0 Å². The smallest absolute Gasteiger partial charge is 0.261 e. The first-order chi connectivity index (χ1) is 11.1. The van der Waals surface area contributed by atoms with Gasteiger partial charge in [0.15, 0.2) is 0 Å². The fraction of sp³-hybridized carbons (Fsp3) is 0.250. The molecule has 1 aromatic carbocycles. The molecule has 7 heteroatoms. The Balaban J connectivity index is 1.65. The van der Waals surface area contributed by atoms with E-state index in [2.05, 4.69) is 4.98 Å². The first-order valence-electron chi connectivity index (χ1n) is 7.06. The van der Waals surface area contributed by atoms with Crippen molar-refractivity contribution in [1.29, 1.82) is 0 Å². The van der Waals surface area contributed by atoms with Crippen LogP contribution in [-0.2, 0) is 17.9 Å². The van der Waals surface area contributed by atoms with Gasteiger partial charge in [-0.15, -0.1) is 11.3 Å². The minimum Gasteiger partial charge on any atom is -0.389 e. The van der Waals surface area contributed by atoms with Crippen molar-refractivity contribution in [3.05, 3.63) is 62.3 Å². The molecule has 3 aromatic rings. The molecule has 0 bridgehead atoms. The van der Waals surface area contributed by atoms with Gasteiger partial charge in [0, 0.05) is 9.90 Å². The second kappa shape index (κ2) is 7.23. The van der Waals surface area contributed by atoms with E-state index in [4.69, 9.17) is 16.3 Å². The number of fused-ring (bicyclic) bond motifs is 1. The summed E-state index contributed by atoms with van der Waals surface area (Å²) in [6.45, 7) is 0.746. The first-order valence-corrected chi connectivity index (χ1v) is 8.32. The zero-order valence-corrected chi connectivity index (χ0v) is 13.8. The van der Waals surface area contributed by atoms with Gasteiger partial charge in [-0.1, -0.05) is 17.7 Å². The van der Waals surface area contributed by atoms with Crippen molar-refractivity contribution in [1.82, 2.24) is 9.55 Å². The van der Waals surface area contributed by atoms with Gasteiger partial charge in [-0.05, 0) is 29.6 Å². The molecule has 3 rings (SSSR count). The predicted octanol–water partition coefficient (Wildman–Crippen LogP) is 2.69. The van der Waals surface area contributed by atoms with Gasteiger partial charge in [-0.3, -0.25) is 9.36 Å². The molecular formula is C16H15ClN2O3S. The van der Waals surface area contributed by atoms with E-state index in [-0.39, 0.29) is 18.7 Å². The normalized spacial score (nSPS) is 12.6. The summed E-state index contributed by atoms with van der Waals surface area (Å²) in [5.41, 5.74) is 0.339.